The zero-order valence-corrected chi connectivity index (χ0v) is 12.7. The van der Waals surface area contributed by atoms with Crippen molar-refractivity contribution in [1.82, 2.24) is 0 Å². The van der Waals surface area contributed by atoms with Gasteiger partial charge in [0.1, 0.15) is 11.5 Å². The summed E-state index contributed by atoms with van der Waals surface area (Å²) in [5.41, 5.74) is 1.16. The minimum atomic E-state index is -0.506. The summed E-state index contributed by atoms with van der Waals surface area (Å²) in [6, 6.07) is 8.57. The fourth-order valence-electron chi connectivity index (χ4n) is 2.13. The fourth-order valence-corrected chi connectivity index (χ4v) is 2.13. The molecule has 0 aliphatic heterocycles. The third kappa shape index (κ3) is 3.57. The summed E-state index contributed by atoms with van der Waals surface area (Å²) in [6.07, 6.45) is 0.520. The van der Waals surface area contributed by atoms with E-state index in [0.29, 0.717) is 23.4 Å². The molecule has 0 heterocycles. The van der Waals surface area contributed by atoms with Gasteiger partial charge in [-0.3, -0.25) is 14.9 Å². The molecule has 0 atom stereocenters. The maximum atomic E-state index is 12.3. The molecule has 2 aromatic carbocycles. The summed E-state index contributed by atoms with van der Waals surface area (Å²) >= 11 is 0. The van der Waals surface area contributed by atoms with Crippen LogP contribution in [0.3, 0.4) is 0 Å². The molecule has 2 N–H and O–H groups in total. The number of ether oxygens (including phenoxy) is 1. The summed E-state index contributed by atoms with van der Waals surface area (Å²) in [4.78, 5) is 22.6. The molecular weight excluding hydrogens is 300 g/mol. The van der Waals surface area contributed by atoms with Crippen molar-refractivity contribution in [1.29, 1.82) is 0 Å². The number of rotatable bonds is 5. The molecule has 0 spiro atoms. The minimum absolute atomic E-state index is 0.0351. The molecule has 0 aliphatic carbocycles. The highest BCUT2D eigenvalue weighted by Gasteiger charge is 2.15. The topological polar surface area (TPSA) is 102 Å². The zero-order chi connectivity index (χ0) is 17.0. The highest BCUT2D eigenvalue weighted by molar-refractivity contribution is 6.06. The van der Waals surface area contributed by atoms with Gasteiger partial charge in [0.15, 0.2) is 0 Å². The first kappa shape index (κ1) is 16.3. The molecule has 0 radical (unpaired) electrons. The third-order valence-corrected chi connectivity index (χ3v) is 3.38. The molecule has 0 bridgehead atoms. The van der Waals surface area contributed by atoms with Gasteiger partial charge >= 0.3 is 0 Å². The molecule has 0 saturated carbocycles. The van der Waals surface area contributed by atoms with Crippen LogP contribution in [0.2, 0.25) is 0 Å². The van der Waals surface area contributed by atoms with Crippen molar-refractivity contribution in [3.8, 4) is 11.5 Å². The second-order valence-electron chi connectivity index (χ2n) is 4.79. The van der Waals surface area contributed by atoms with Crippen LogP contribution in [0.4, 0.5) is 11.4 Å². The number of phenols is 1. The Morgan fingerprint density at radius 2 is 2.04 bits per heavy atom. The lowest BCUT2D eigenvalue weighted by Crippen LogP contribution is -2.13. The summed E-state index contributed by atoms with van der Waals surface area (Å²) < 4.78 is 4.96. The lowest BCUT2D eigenvalue weighted by Gasteiger charge is -2.11. The molecule has 0 aromatic heterocycles. The number of benzene rings is 2. The van der Waals surface area contributed by atoms with E-state index in [4.69, 9.17) is 4.74 Å². The van der Waals surface area contributed by atoms with Gasteiger partial charge in [0, 0.05) is 23.9 Å². The molecule has 23 heavy (non-hydrogen) atoms. The van der Waals surface area contributed by atoms with E-state index < -0.39 is 10.8 Å². The van der Waals surface area contributed by atoms with Gasteiger partial charge in [-0.25, -0.2) is 0 Å². The first-order valence-electron chi connectivity index (χ1n) is 6.92. The van der Waals surface area contributed by atoms with E-state index in [1.807, 2.05) is 6.92 Å². The first-order valence-corrected chi connectivity index (χ1v) is 6.92. The molecule has 2 aromatic rings. The van der Waals surface area contributed by atoms with Crippen molar-refractivity contribution in [2.75, 3.05) is 12.4 Å². The normalized spacial score (nSPS) is 10.2. The largest absolute Gasteiger partial charge is 0.507 e. The maximum Gasteiger partial charge on any atom is 0.269 e. The Bertz CT molecular complexity index is 758. The Kier molecular flexibility index (Phi) is 4.80. The van der Waals surface area contributed by atoms with E-state index >= 15 is 0 Å². The van der Waals surface area contributed by atoms with E-state index in [1.54, 1.807) is 6.07 Å². The summed E-state index contributed by atoms with van der Waals surface area (Å²) in [5.74, 6) is -0.279. The van der Waals surface area contributed by atoms with Gasteiger partial charge < -0.3 is 15.2 Å². The number of carbonyl (C=O) groups is 1. The van der Waals surface area contributed by atoms with E-state index in [-0.39, 0.29) is 17.0 Å². The number of anilines is 1. The summed E-state index contributed by atoms with van der Waals surface area (Å²) in [5, 5.41) is 23.3. The molecule has 0 unspecified atom stereocenters. The van der Waals surface area contributed by atoms with E-state index in [9.17, 15) is 20.0 Å². The summed E-state index contributed by atoms with van der Waals surface area (Å²) in [7, 11) is 1.46. The standard InChI is InChI=1S/C16H16N2O5/c1-3-10-8-11(18(21)22)4-7-14(10)17-16(20)13-6-5-12(23-2)9-15(13)19/h4-9,19H,3H2,1-2H3,(H,17,20). The number of hydrogen-bond acceptors (Lipinski definition) is 5. The molecule has 1 amide bonds. The Morgan fingerprint density at radius 3 is 2.61 bits per heavy atom. The highest BCUT2D eigenvalue weighted by atomic mass is 16.6. The monoisotopic (exact) mass is 316 g/mol. The van der Waals surface area contributed by atoms with Crippen LogP contribution in [0, 0.1) is 10.1 Å². The smallest absolute Gasteiger partial charge is 0.269 e. The third-order valence-electron chi connectivity index (χ3n) is 3.38. The lowest BCUT2D eigenvalue weighted by atomic mass is 10.1. The molecule has 0 aliphatic rings. The Morgan fingerprint density at radius 1 is 1.30 bits per heavy atom. The number of phenolic OH excluding ortho intramolecular Hbond substituents is 1. The first-order chi connectivity index (χ1) is 11.0. The van der Waals surface area contributed by atoms with Crippen LogP contribution in [-0.2, 0) is 6.42 Å². The van der Waals surface area contributed by atoms with Crippen molar-refractivity contribution in [2.24, 2.45) is 0 Å². The number of amides is 1. The molecule has 7 nitrogen and oxygen atoms in total. The highest BCUT2D eigenvalue weighted by Crippen LogP contribution is 2.26. The van der Waals surface area contributed by atoms with Crippen molar-refractivity contribution in [3.05, 3.63) is 57.6 Å². The number of nitrogens with one attached hydrogen (secondary N) is 1. The van der Waals surface area contributed by atoms with Gasteiger partial charge in [0.25, 0.3) is 11.6 Å². The fraction of sp³-hybridized carbons (Fsp3) is 0.188. The van der Waals surface area contributed by atoms with Crippen LogP contribution < -0.4 is 10.1 Å². The van der Waals surface area contributed by atoms with Crippen molar-refractivity contribution in [3.63, 3.8) is 0 Å². The van der Waals surface area contributed by atoms with Crippen molar-refractivity contribution < 1.29 is 19.6 Å². The molecule has 2 rings (SSSR count). The number of aromatic hydroxyl groups is 1. The number of non-ortho nitro benzene ring substituents is 1. The molecule has 120 valence electrons. The van der Waals surface area contributed by atoms with Crippen molar-refractivity contribution >= 4 is 17.3 Å². The quantitative estimate of drug-likeness (QED) is 0.652. The number of nitro groups is 1. The van der Waals surface area contributed by atoms with Gasteiger partial charge in [-0.1, -0.05) is 6.92 Å². The Balaban J connectivity index is 2.28. The zero-order valence-electron chi connectivity index (χ0n) is 12.7. The SMILES string of the molecule is CCc1cc([N+](=O)[O-])ccc1NC(=O)c1ccc(OC)cc1O. The molecule has 0 fully saturated rings. The predicted octanol–water partition coefficient (Wildman–Crippen LogP) is 3.12. The van der Waals surface area contributed by atoms with E-state index in [0.717, 1.165) is 0 Å². The van der Waals surface area contributed by atoms with Crippen molar-refractivity contribution in [2.45, 2.75) is 13.3 Å². The number of carbonyl (C=O) groups excluding carboxylic acids is 1. The number of methoxy groups -OCH3 is 1. The predicted molar refractivity (Wildman–Crippen MR) is 85.1 cm³/mol. The van der Waals surface area contributed by atoms with Gasteiger partial charge in [-0.2, -0.15) is 0 Å². The Labute approximate surface area is 132 Å². The Hall–Kier alpha value is -3.09. The minimum Gasteiger partial charge on any atom is -0.507 e. The average molecular weight is 316 g/mol. The summed E-state index contributed by atoms with van der Waals surface area (Å²) in [6.45, 7) is 1.83. The number of hydrogen-bond donors (Lipinski definition) is 2. The molecule has 7 heteroatoms. The van der Waals surface area contributed by atoms with Crippen LogP contribution in [0.15, 0.2) is 36.4 Å². The average Bonchev–Trinajstić information content (AvgIpc) is 2.54. The number of nitro benzene ring substituents is 1. The molecular formula is C16H16N2O5. The lowest BCUT2D eigenvalue weighted by molar-refractivity contribution is -0.384. The van der Waals surface area contributed by atoms with Crippen LogP contribution in [-0.4, -0.2) is 23.0 Å². The number of aryl methyl sites for hydroxylation is 1. The van der Waals surface area contributed by atoms with Gasteiger partial charge in [-0.15, -0.1) is 0 Å². The van der Waals surface area contributed by atoms with Gasteiger partial charge in [0.2, 0.25) is 0 Å². The second kappa shape index (κ2) is 6.78. The van der Waals surface area contributed by atoms with E-state index in [1.165, 1.54) is 37.4 Å². The van der Waals surface area contributed by atoms with Gasteiger partial charge in [0.05, 0.1) is 17.6 Å². The van der Waals surface area contributed by atoms with Crippen LogP contribution in [0.25, 0.3) is 0 Å². The van der Waals surface area contributed by atoms with E-state index in [2.05, 4.69) is 5.32 Å². The second-order valence-corrected chi connectivity index (χ2v) is 4.79. The van der Waals surface area contributed by atoms with Crippen LogP contribution in [0.1, 0.15) is 22.8 Å². The molecule has 0 saturated heterocycles. The van der Waals surface area contributed by atoms with Crippen LogP contribution in [0.5, 0.6) is 11.5 Å². The van der Waals surface area contributed by atoms with Crippen LogP contribution >= 0.6 is 0 Å². The maximum absolute atomic E-state index is 12.3. The van der Waals surface area contributed by atoms with Gasteiger partial charge in [-0.05, 0) is 30.2 Å². The number of nitrogens with zero attached hydrogens (tertiary/aromatic N) is 1.